The molecular formula is C14H11BrCl2FN. The van der Waals surface area contributed by atoms with E-state index in [0.717, 1.165) is 10.0 Å². The standard InChI is InChI=1S/C14H11BrCl2FN/c15-9-1-3-13(17)11(7-9)14(19)6-8-5-10(18)2-4-12(8)16/h1-5,7,14H,6,19H2. The van der Waals surface area contributed by atoms with Crippen molar-refractivity contribution in [1.82, 2.24) is 0 Å². The lowest BCUT2D eigenvalue weighted by atomic mass is 9.99. The molecule has 1 nitrogen and oxygen atoms in total. The third-order valence-electron chi connectivity index (χ3n) is 2.81. The van der Waals surface area contributed by atoms with E-state index in [1.54, 1.807) is 6.07 Å². The van der Waals surface area contributed by atoms with Gasteiger partial charge >= 0.3 is 0 Å². The van der Waals surface area contributed by atoms with Crippen molar-refractivity contribution >= 4 is 39.1 Å². The third kappa shape index (κ3) is 3.69. The fourth-order valence-corrected chi connectivity index (χ4v) is 2.68. The van der Waals surface area contributed by atoms with E-state index in [0.29, 0.717) is 22.0 Å². The normalized spacial score (nSPS) is 12.5. The molecule has 0 aromatic heterocycles. The van der Waals surface area contributed by atoms with Crippen LogP contribution in [-0.4, -0.2) is 0 Å². The molecule has 0 spiro atoms. The molecule has 100 valence electrons. The lowest BCUT2D eigenvalue weighted by Crippen LogP contribution is -2.14. The Labute approximate surface area is 129 Å². The zero-order valence-corrected chi connectivity index (χ0v) is 12.9. The molecule has 0 saturated carbocycles. The average molecular weight is 363 g/mol. The second-order valence-corrected chi connectivity index (χ2v) is 5.94. The van der Waals surface area contributed by atoms with Crippen molar-refractivity contribution in [2.45, 2.75) is 12.5 Å². The Morgan fingerprint density at radius 1 is 1.11 bits per heavy atom. The van der Waals surface area contributed by atoms with Crippen LogP contribution in [0, 0.1) is 5.82 Å². The van der Waals surface area contributed by atoms with Crippen LogP contribution in [0.5, 0.6) is 0 Å². The molecule has 19 heavy (non-hydrogen) atoms. The summed E-state index contributed by atoms with van der Waals surface area (Å²) in [4.78, 5) is 0. The van der Waals surface area contributed by atoms with Crippen LogP contribution in [0.1, 0.15) is 17.2 Å². The molecule has 0 bridgehead atoms. The van der Waals surface area contributed by atoms with Gasteiger partial charge in [-0.2, -0.15) is 0 Å². The Morgan fingerprint density at radius 3 is 2.53 bits per heavy atom. The molecule has 0 aliphatic heterocycles. The molecule has 2 rings (SSSR count). The number of hydrogen-bond donors (Lipinski definition) is 1. The van der Waals surface area contributed by atoms with Gasteiger partial charge in [0, 0.05) is 20.6 Å². The lowest BCUT2D eigenvalue weighted by Gasteiger charge is -2.15. The first-order valence-corrected chi connectivity index (χ1v) is 7.16. The van der Waals surface area contributed by atoms with Crippen molar-refractivity contribution < 1.29 is 4.39 Å². The molecule has 0 fully saturated rings. The van der Waals surface area contributed by atoms with Gasteiger partial charge in [-0.25, -0.2) is 4.39 Å². The van der Waals surface area contributed by atoms with Crippen LogP contribution < -0.4 is 5.73 Å². The van der Waals surface area contributed by atoms with Gasteiger partial charge in [0.05, 0.1) is 0 Å². The molecule has 0 radical (unpaired) electrons. The van der Waals surface area contributed by atoms with E-state index in [1.807, 2.05) is 12.1 Å². The molecule has 2 N–H and O–H groups in total. The Morgan fingerprint density at radius 2 is 1.79 bits per heavy atom. The number of benzene rings is 2. The van der Waals surface area contributed by atoms with Crippen LogP contribution in [0.25, 0.3) is 0 Å². The lowest BCUT2D eigenvalue weighted by molar-refractivity contribution is 0.622. The highest BCUT2D eigenvalue weighted by atomic mass is 79.9. The summed E-state index contributed by atoms with van der Waals surface area (Å²) in [6.07, 6.45) is 0.423. The Hall–Kier alpha value is -0.610. The van der Waals surface area contributed by atoms with Gasteiger partial charge in [0.1, 0.15) is 5.82 Å². The van der Waals surface area contributed by atoms with Gasteiger partial charge in [-0.3, -0.25) is 0 Å². The van der Waals surface area contributed by atoms with Gasteiger partial charge in [0.15, 0.2) is 0 Å². The first kappa shape index (κ1) is 14.8. The van der Waals surface area contributed by atoms with E-state index in [4.69, 9.17) is 28.9 Å². The van der Waals surface area contributed by atoms with E-state index in [-0.39, 0.29) is 11.9 Å². The van der Waals surface area contributed by atoms with Gasteiger partial charge in [-0.1, -0.05) is 39.1 Å². The SMILES string of the molecule is NC(Cc1cc(F)ccc1Cl)c1cc(Br)ccc1Cl. The molecule has 2 aromatic rings. The van der Waals surface area contributed by atoms with Crippen molar-refractivity contribution in [3.05, 3.63) is 67.9 Å². The van der Waals surface area contributed by atoms with Crippen molar-refractivity contribution in [3.8, 4) is 0 Å². The topological polar surface area (TPSA) is 26.0 Å². The highest BCUT2D eigenvalue weighted by Gasteiger charge is 2.13. The predicted molar refractivity (Wildman–Crippen MR) is 81.2 cm³/mol. The molecule has 0 amide bonds. The Balaban J connectivity index is 2.27. The van der Waals surface area contributed by atoms with Crippen LogP contribution in [0.3, 0.4) is 0 Å². The predicted octanol–water partition coefficient (Wildman–Crippen LogP) is 5.14. The summed E-state index contributed by atoms with van der Waals surface area (Å²) in [6, 6.07) is 9.38. The van der Waals surface area contributed by atoms with Crippen LogP contribution in [0.4, 0.5) is 4.39 Å². The van der Waals surface area contributed by atoms with Crippen molar-refractivity contribution in [3.63, 3.8) is 0 Å². The highest BCUT2D eigenvalue weighted by Crippen LogP contribution is 2.29. The summed E-state index contributed by atoms with van der Waals surface area (Å²) in [7, 11) is 0. The molecular weight excluding hydrogens is 352 g/mol. The van der Waals surface area contributed by atoms with Crippen molar-refractivity contribution in [2.24, 2.45) is 5.73 Å². The molecule has 5 heteroatoms. The van der Waals surface area contributed by atoms with Gasteiger partial charge in [0.25, 0.3) is 0 Å². The fraction of sp³-hybridized carbons (Fsp3) is 0.143. The zero-order valence-electron chi connectivity index (χ0n) is 9.84. The largest absolute Gasteiger partial charge is 0.324 e. The van der Waals surface area contributed by atoms with Crippen LogP contribution in [0.15, 0.2) is 40.9 Å². The number of halogens is 4. The minimum atomic E-state index is -0.343. The average Bonchev–Trinajstić information content (AvgIpc) is 2.36. The summed E-state index contributed by atoms with van der Waals surface area (Å²) in [5, 5.41) is 1.09. The summed E-state index contributed by atoms with van der Waals surface area (Å²) < 4.78 is 14.1. The molecule has 2 aromatic carbocycles. The molecule has 0 heterocycles. The van der Waals surface area contributed by atoms with Crippen LogP contribution >= 0.6 is 39.1 Å². The van der Waals surface area contributed by atoms with Gasteiger partial charge in [0.2, 0.25) is 0 Å². The van der Waals surface area contributed by atoms with Gasteiger partial charge in [-0.15, -0.1) is 0 Å². The van der Waals surface area contributed by atoms with E-state index in [9.17, 15) is 4.39 Å². The van der Waals surface area contributed by atoms with Crippen LogP contribution in [0.2, 0.25) is 10.0 Å². The second-order valence-electron chi connectivity index (χ2n) is 4.21. The summed E-state index contributed by atoms with van der Waals surface area (Å²) >= 11 is 15.5. The quantitative estimate of drug-likeness (QED) is 0.803. The maximum absolute atomic E-state index is 13.2. The monoisotopic (exact) mass is 361 g/mol. The smallest absolute Gasteiger partial charge is 0.123 e. The van der Waals surface area contributed by atoms with Crippen molar-refractivity contribution in [1.29, 1.82) is 0 Å². The molecule has 0 aliphatic carbocycles. The molecule has 0 saturated heterocycles. The van der Waals surface area contributed by atoms with Gasteiger partial charge < -0.3 is 5.73 Å². The van der Waals surface area contributed by atoms with E-state index in [1.165, 1.54) is 18.2 Å². The molecule has 1 atom stereocenters. The number of nitrogens with two attached hydrogens (primary N) is 1. The number of rotatable bonds is 3. The summed E-state index contributed by atoms with van der Waals surface area (Å²) in [6.45, 7) is 0. The van der Waals surface area contributed by atoms with Gasteiger partial charge in [-0.05, 0) is 53.9 Å². The van der Waals surface area contributed by atoms with Crippen molar-refractivity contribution in [2.75, 3.05) is 0 Å². The molecule has 1 unspecified atom stereocenters. The second kappa shape index (κ2) is 6.23. The van der Waals surface area contributed by atoms with E-state index < -0.39 is 0 Å². The van der Waals surface area contributed by atoms with E-state index in [2.05, 4.69) is 15.9 Å². The minimum Gasteiger partial charge on any atom is -0.324 e. The summed E-state index contributed by atoms with van der Waals surface area (Å²) in [5.74, 6) is -0.327. The Kier molecular flexibility index (Phi) is 4.85. The number of hydrogen-bond acceptors (Lipinski definition) is 1. The maximum Gasteiger partial charge on any atom is 0.123 e. The minimum absolute atomic E-state index is 0.327. The zero-order chi connectivity index (χ0) is 14.0. The first-order valence-electron chi connectivity index (χ1n) is 5.62. The summed E-state index contributed by atoms with van der Waals surface area (Å²) in [5.41, 5.74) is 7.60. The maximum atomic E-state index is 13.2. The Bertz CT molecular complexity index is 604. The van der Waals surface area contributed by atoms with E-state index >= 15 is 0 Å². The van der Waals surface area contributed by atoms with Crippen LogP contribution in [-0.2, 0) is 6.42 Å². The third-order valence-corrected chi connectivity index (χ3v) is 4.01. The highest BCUT2D eigenvalue weighted by molar-refractivity contribution is 9.10. The first-order chi connectivity index (χ1) is 8.97. The fourth-order valence-electron chi connectivity index (χ4n) is 1.85. The molecule has 0 aliphatic rings.